The van der Waals surface area contributed by atoms with E-state index in [4.69, 9.17) is 5.26 Å². The summed E-state index contributed by atoms with van der Waals surface area (Å²) in [6, 6.07) is 9.16. The lowest BCUT2D eigenvalue weighted by Crippen LogP contribution is -2.26. The summed E-state index contributed by atoms with van der Waals surface area (Å²) in [5.74, 6) is 0.518. The molecular weight excluding hydrogens is 208 g/mol. The zero-order valence-electron chi connectivity index (χ0n) is 8.47. The number of carbonyl (C=O) groups excluding carboxylic acids is 1. The van der Waals surface area contributed by atoms with Gasteiger partial charge in [0.2, 0.25) is 0 Å². The predicted molar refractivity (Wildman–Crippen MR) is 61.7 cm³/mol. The summed E-state index contributed by atoms with van der Waals surface area (Å²) in [6.07, 6.45) is 0. The molecule has 1 amide bonds. The molecule has 1 rings (SSSR count). The Hall–Kier alpha value is -1.47. The Morgan fingerprint density at radius 2 is 2.07 bits per heavy atom. The molecule has 0 aliphatic carbocycles. The van der Waals surface area contributed by atoms with Gasteiger partial charge in [0.25, 0.3) is 5.91 Å². The van der Waals surface area contributed by atoms with E-state index in [2.05, 4.69) is 12.6 Å². The van der Waals surface area contributed by atoms with E-state index in [9.17, 15) is 4.79 Å². The van der Waals surface area contributed by atoms with Crippen LogP contribution in [0.15, 0.2) is 24.3 Å². The summed E-state index contributed by atoms with van der Waals surface area (Å²) in [5, 5.41) is 8.46. The molecular formula is C11H12N2OS. The fourth-order valence-corrected chi connectivity index (χ4v) is 1.36. The largest absolute Gasteiger partial charge is 0.328 e. The quantitative estimate of drug-likeness (QED) is 0.622. The molecule has 15 heavy (non-hydrogen) atoms. The third-order valence-electron chi connectivity index (χ3n) is 2.04. The van der Waals surface area contributed by atoms with Gasteiger partial charge < -0.3 is 4.90 Å². The molecule has 0 aliphatic rings. The Morgan fingerprint density at radius 1 is 1.47 bits per heavy atom. The van der Waals surface area contributed by atoms with E-state index in [-0.39, 0.29) is 12.5 Å². The van der Waals surface area contributed by atoms with Crippen molar-refractivity contribution in [1.82, 2.24) is 4.90 Å². The van der Waals surface area contributed by atoms with Gasteiger partial charge >= 0.3 is 0 Å². The first-order chi connectivity index (χ1) is 7.19. The lowest BCUT2D eigenvalue weighted by Gasteiger charge is -2.12. The Labute approximate surface area is 94.7 Å². The zero-order chi connectivity index (χ0) is 11.3. The third-order valence-corrected chi connectivity index (χ3v) is 2.40. The van der Waals surface area contributed by atoms with E-state index in [1.807, 2.05) is 18.2 Å². The normalized spacial score (nSPS) is 9.40. The second kappa shape index (κ2) is 5.42. The number of hydrogen-bond donors (Lipinski definition) is 1. The molecule has 1 aromatic carbocycles. The Kier molecular flexibility index (Phi) is 4.19. The van der Waals surface area contributed by atoms with Crippen molar-refractivity contribution in [2.24, 2.45) is 0 Å². The van der Waals surface area contributed by atoms with Gasteiger partial charge in [-0.1, -0.05) is 12.1 Å². The maximum atomic E-state index is 11.7. The number of nitrogens with zero attached hydrogens (tertiary/aromatic N) is 2. The van der Waals surface area contributed by atoms with Crippen molar-refractivity contribution in [3.8, 4) is 6.07 Å². The van der Waals surface area contributed by atoms with Gasteiger partial charge in [0.15, 0.2) is 0 Å². The van der Waals surface area contributed by atoms with Crippen molar-refractivity contribution >= 4 is 18.5 Å². The second-order valence-corrected chi connectivity index (χ2v) is 3.49. The highest BCUT2D eigenvalue weighted by atomic mass is 32.1. The van der Waals surface area contributed by atoms with Crippen molar-refractivity contribution in [3.05, 3.63) is 35.4 Å². The summed E-state index contributed by atoms with van der Waals surface area (Å²) in [4.78, 5) is 13.1. The van der Waals surface area contributed by atoms with Gasteiger partial charge in [0.05, 0.1) is 6.07 Å². The summed E-state index contributed by atoms with van der Waals surface area (Å²) in [5.41, 5.74) is 1.66. The van der Waals surface area contributed by atoms with Crippen molar-refractivity contribution in [2.45, 2.75) is 5.75 Å². The molecule has 0 atom stereocenters. The smallest absolute Gasteiger partial charge is 0.254 e. The van der Waals surface area contributed by atoms with Crippen LogP contribution in [0.2, 0.25) is 0 Å². The lowest BCUT2D eigenvalue weighted by atomic mass is 10.1. The van der Waals surface area contributed by atoms with Crippen molar-refractivity contribution in [1.29, 1.82) is 5.26 Å². The van der Waals surface area contributed by atoms with Gasteiger partial charge in [-0.3, -0.25) is 4.79 Å². The van der Waals surface area contributed by atoms with Crippen molar-refractivity contribution < 1.29 is 4.79 Å². The Bertz CT molecular complexity index is 381. The van der Waals surface area contributed by atoms with Crippen molar-refractivity contribution in [2.75, 3.05) is 13.6 Å². The summed E-state index contributed by atoms with van der Waals surface area (Å²) >= 11 is 4.13. The Morgan fingerprint density at radius 3 is 2.53 bits per heavy atom. The summed E-state index contributed by atoms with van der Waals surface area (Å²) in [7, 11) is 1.61. The summed E-state index contributed by atoms with van der Waals surface area (Å²) < 4.78 is 0. The number of thiol groups is 1. The number of benzene rings is 1. The molecule has 4 heteroatoms. The molecule has 3 nitrogen and oxygen atoms in total. The van der Waals surface area contributed by atoms with E-state index < -0.39 is 0 Å². The minimum Gasteiger partial charge on any atom is -0.328 e. The lowest BCUT2D eigenvalue weighted by molar-refractivity contribution is 0.0812. The van der Waals surface area contributed by atoms with E-state index in [0.717, 1.165) is 5.56 Å². The van der Waals surface area contributed by atoms with E-state index in [1.54, 1.807) is 19.2 Å². The minimum atomic E-state index is -0.137. The molecule has 0 aliphatic heterocycles. The summed E-state index contributed by atoms with van der Waals surface area (Å²) in [6.45, 7) is 0.104. The molecule has 0 saturated heterocycles. The van der Waals surface area contributed by atoms with Crippen molar-refractivity contribution in [3.63, 3.8) is 0 Å². The molecule has 0 N–H and O–H groups in total. The van der Waals surface area contributed by atoms with Gasteiger partial charge in [0, 0.05) is 18.4 Å². The standard InChI is InChI=1S/C11H12N2OS/c1-13(7-6-12)11(14)10-4-2-9(8-15)3-5-10/h2-5,15H,7-8H2,1H3. The number of carbonyl (C=O) groups is 1. The minimum absolute atomic E-state index is 0.104. The van der Waals surface area contributed by atoms with Crippen LogP contribution in [0.1, 0.15) is 15.9 Å². The second-order valence-electron chi connectivity index (χ2n) is 3.17. The first-order valence-corrected chi connectivity index (χ1v) is 5.14. The van der Waals surface area contributed by atoms with Crippen LogP contribution in [-0.4, -0.2) is 24.4 Å². The monoisotopic (exact) mass is 220 g/mol. The highest BCUT2D eigenvalue weighted by molar-refractivity contribution is 7.79. The van der Waals surface area contributed by atoms with Gasteiger partial charge in [-0.15, -0.1) is 0 Å². The first kappa shape index (κ1) is 11.6. The molecule has 0 unspecified atom stereocenters. The molecule has 0 saturated carbocycles. The molecule has 0 fully saturated rings. The van der Waals surface area contributed by atoms with E-state index in [0.29, 0.717) is 11.3 Å². The molecule has 78 valence electrons. The third kappa shape index (κ3) is 3.00. The molecule has 0 aromatic heterocycles. The van der Waals surface area contributed by atoms with Gasteiger partial charge in [-0.25, -0.2) is 0 Å². The van der Waals surface area contributed by atoms with Crippen LogP contribution < -0.4 is 0 Å². The number of amides is 1. The van der Waals surface area contributed by atoms with Gasteiger partial charge in [-0.05, 0) is 17.7 Å². The molecule has 0 heterocycles. The van der Waals surface area contributed by atoms with Crippen LogP contribution in [0, 0.1) is 11.3 Å². The van der Waals surface area contributed by atoms with Gasteiger partial charge in [0.1, 0.15) is 6.54 Å². The molecule has 0 radical (unpaired) electrons. The van der Waals surface area contributed by atoms with Gasteiger partial charge in [-0.2, -0.15) is 17.9 Å². The number of rotatable bonds is 3. The first-order valence-electron chi connectivity index (χ1n) is 4.51. The van der Waals surface area contributed by atoms with Crippen LogP contribution in [0.4, 0.5) is 0 Å². The zero-order valence-corrected chi connectivity index (χ0v) is 9.37. The average molecular weight is 220 g/mol. The van der Waals surface area contributed by atoms with Crippen LogP contribution in [0.25, 0.3) is 0 Å². The predicted octanol–water partition coefficient (Wildman–Crippen LogP) is 1.71. The highest BCUT2D eigenvalue weighted by Crippen LogP contribution is 2.08. The molecule has 1 aromatic rings. The number of nitriles is 1. The number of hydrogen-bond acceptors (Lipinski definition) is 3. The van der Waals surface area contributed by atoms with Crippen LogP contribution >= 0.6 is 12.6 Å². The maximum Gasteiger partial charge on any atom is 0.254 e. The topological polar surface area (TPSA) is 44.1 Å². The van der Waals surface area contributed by atoms with Crippen LogP contribution in [-0.2, 0) is 5.75 Å². The fourth-order valence-electron chi connectivity index (χ4n) is 1.15. The highest BCUT2D eigenvalue weighted by Gasteiger charge is 2.10. The maximum absolute atomic E-state index is 11.7. The SMILES string of the molecule is CN(CC#N)C(=O)c1ccc(CS)cc1. The molecule has 0 spiro atoms. The Balaban J connectivity index is 2.79. The van der Waals surface area contributed by atoms with Crippen LogP contribution in [0.5, 0.6) is 0 Å². The average Bonchev–Trinajstić information content (AvgIpc) is 2.28. The fraction of sp³-hybridized carbons (Fsp3) is 0.273. The van der Waals surface area contributed by atoms with E-state index in [1.165, 1.54) is 4.90 Å². The molecule has 0 bridgehead atoms. The van der Waals surface area contributed by atoms with Crippen LogP contribution in [0.3, 0.4) is 0 Å². The van der Waals surface area contributed by atoms with E-state index >= 15 is 0 Å².